The highest BCUT2D eigenvalue weighted by Crippen LogP contribution is 2.31. The zero-order valence-electron chi connectivity index (χ0n) is 20.4. The number of nitrogens with one attached hydrogen (secondary N) is 2. The number of hydrogen-bond acceptors (Lipinski definition) is 6. The molecule has 1 saturated carbocycles. The zero-order chi connectivity index (χ0) is 24.6. The molecule has 1 atom stereocenters. The Morgan fingerprint density at radius 2 is 1.70 bits per heavy atom. The highest BCUT2D eigenvalue weighted by molar-refractivity contribution is 5.93. The maximum Gasteiger partial charge on any atom is 0.408 e. The van der Waals surface area contributed by atoms with Gasteiger partial charge in [-0.15, -0.1) is 0 Å². The minimum atomic E-state index is -1.13. The molecule has 0 radical (unpaired) electrons. The number of carbonyl (C=O) groups excluding carboxylic acids is 3. The van der Waals surface area contributed by atoms with Gasteiger partial charge in [-0.2, -0.15) is 0 Å². The largest absolute Gasteiger partial charge is 0.508 e. The van der Waals surface area contributed by atoms with E-state index >= 15 is 0 Å². The number of phenolic OH excluding ortho intramolecular Hbond substituents is 1. The van der Waals surface area contributed by atoms with Crippen LogP contribution in [0.4, 0.5) is 4.79 Å². The average Bonchev–Trinajstić information content (AvgIpc) is 3.16. The van der Waals surface area contributed by atoms with Crippen molar-refractivity contribution in [2.45, 2.75) is 90.3 Å². The Labute approximate surface area is 196 Å². The number of rotatable bonds is 9. The van der Waals surface area contributed by atoms with Crippen LogP contribution in [0.25, 0.3) is 0 Å². The molecule has 1 aliphatic carbocycles. The van der Waals surface area contributed by atoms with Crippen LogP contribution >= 0.6 is 0 Å². The molecule has 2 amide bonds. The van der Waals surface area contributed by atoms with E-state index in [-0.39, 0.29) is 18.8 Å². The van der Waals surface area contributed by atoms with Gasteiger partial charge in [-0.25, -0.2) is 9.59 Å². The van der Waals surface area contributed by atoms with Gasteiger partial charge in [0.1, 0.15) is 22.9 Å². The van der Waals surface area contributed by atoms with Gasteiger partial charge in [0.25, 0.3) is 0 Å². The molecule has 1 aliphatic rings. The van der Waals surface area contributed by atoms with Crippen LogP contribution in [0.5, 0.6) is 5.75 Å². The summed E-state index contributed by atoms with van der Waals surface area (Å²) >= 11 is 0. The minimum absolute atomic E-state index is 0.116. The molecule has 0 aromatic heterocycles. The summed E-state index contributed by atoms with van der Waals surface area (Å²) in [6, 6.07) is 5.52. The van der Waals surface area contributed by atoms with Gasteiger partial charge in [0, 0.05) is 6.42 Å². The van der Waals surface area contributed by atoms with Crippen LogP contribution in [0.2, 0.25) is 0 Å². The molecule has 8 heteroatoms. The fraction of sp³-hybridized carbons (Fsp3) is 0.640. The van der Waals surface area contributed by atoms with Crippen molar-refractivity contribution in [3.05, 3.63) is 29.8 Å². The first-order valence-electron chi connectivity index (χ1n) is 11.7. The Morgan fingerprint density at radius 3 is 2.24 bits per heavy atom. The molecule has 0 unspecified atom stereocenters. The van der Waals surface area contributed by atoms with E-state index in [0.29, 0.717) is 18.8 Å². The second-order valence-corrected chi connectivity index (χ2v) is 10.2. The van der Waals surface area contributed by atoms with Crippen molar-refractivity contribution in [3.63, 3.8) is 0 Å². The quantitative estimate of drug-likeness (QED) is 0.481. The molecule has 1 fully saturated rings. The van der Waals surface area contributed by atoms with Crippen LogP contribution in [0.15, 0.2) is 24.3 Å². The number of amides is 2. The summed E-state index contributed by atoms with van der Waals surface area (Å²) in [7, 11) is 0. The lowest BCUT2D eigenvalue weighted by Crippen LogP contribution is -2.60. The van der Waals surface area contributed by atoms with E-state index in [1.807, 2.05) is 13.8 Å². The summed E-state index contributed by atoms with van der Waals surface area (Å²) in [4.78, 5) is 38.7. The van der Waals surface area contributed by atoms with Crippen molar-refractivity contribution < 1.29 is 29.0 Å². The summed E-state index contributed by atoms with van der Waals surface area (Å²) < 4.78 is 10.8. The molecule has 1 aromatic carbocycles. The topological polar surface area (TPSA) is 114 Å². The Morgan fingerprint density at radius 1 is 1.09 bits per heavy atom. The molecule has 0 saturated heterocycles. The zero-order valence-corrected chi connectivity index (χ0v) is 20.4. The van der Waals surface area contributed by atoms with Crippen LogP contribution in [0.1, 0.15) is 72.3 Å². The molecule has 0 heterocycles. The molecule has 0 bridgehead atoms. The number of carbonyl (C=O) groups is 3. The predicted octanol–water partition coefficient (Wildman–Crippen LogP) is 3.85. The number of hydrogen-bond donors (Lipinski definition) is 3. The lowest BCUT2D eigenvalue weighted by atomic mass is 9.95. The van der Waals surface area contributed by atoms with E-state index in [9.17, 15) is 19.5 Å². The monoisotopic (exact) mass is 462 g/mol. The maximum absolute atomic E-state index is 13.4. The fourth-order valence-corrected chi connectivity index (χ4v) is 3.74. The standard InChI is InChI=1S/C25H38N2O6/c1-17(2)12-15-32-21(29)20(16-18-8-10-19(28)11-9-18)26-22(30)25(13-6-7-14-25)27-23(31)33-24(3,4)5/h8-11,17,20,28H,6-7,12-16H2,1-5H3,(H,26,30)(H,27,31)/t20-/m0/s1. The molecule has 2 rings (SSSR count). The molecule has 3 N–H and O–H groups in total. The van der Waals surface area contributed by atoms with E-state index in [1.165, 1.54) is 12.1 Å². The van der Waals surface area contributed by atoms with Gasteiger partial charge in [-0.1, -0.05) is 38.8 Å². The second-order valence-electron chi connectivity index (χ2n) is 10.2. The van der Waals surface area contributed by atoms with Crippen LogP contribution < -0.4 is 10.6 Å². The molecule has 1 aromatic rings. The Hall–Kier alpha value is -2.77. The Bertz CT molecular complexity index is 807. The number of benzene rings is 1. The van der Waals surface area contributed by atoms with Crippen molar-refractivity contribution in [2.75, 3.05) is 6.61 Å². The SMILES string of the molecule is CC(C)CCOC(=O)[C@H](Cc1ccc(O)cc1)NC(=O)C1(NC(=O)OC(C)(C)C)CCCC1. The fourth-order valence-electron chi connectivity index (χ4n) is 3.74. The number of phenols is 1. The minimum Gasteiger partial charge on any atom is -0.508 e. The first-order valence-corrected chi connectivity index (χ1v) is 11.7. The van der Waals surface area contributed by atoms with Crippen molar-refractivity contribution in [3.8, 4) is 5.75 Å². The maximum atomic E-state index is 13.4. The van der Waals surface area contributed by atoms with E-state index < -0.39 is 35.2 Å². The van der Waals surface area contributed by atoms with Gasteiger partial charge in [0.05, 0.1) is 6.61 Å². The summed E-state index contributed by atoms with van der Waals surface area (Å²) in [6.07, 6.45) is 2.76. The Kier molecular flexibility index (Phi) is 9.14. The molecule has 184 valence electrons. The van der Waals surface area contributed by atoms with Crippen molar-refractivity contribution in [1.29, 1.82) is 0 Å². The van der Waals surface area contributed by atoms with Gasteiger partial charge >= 0.3 is 12.1 Å². The summed E-state index contributed by atoms with van der Waals surface area (Å²) in [5.41, 5.74) is -1.06. The van der Waals surface area contributed by atoms with Gasteiger partial charge in [-0.05, 0) is 63.6 Å². The summed E-state index contributed by atoms with van der Waals surface area (Å²) in [6.45, 7) is 9.61. The van der Waals surface area contributed by atoms with E-state index in [4.69, 9.17) is 9.47 Å². The average molecular weight is 463 g/mol. The highest BCUT2D eigenvalue weighted by atomic mass is 16.6. The summed E-state index contributed by atoms with van der Waals surface area (Å²) in [5, 5.41) is 15.1. The van der Waals surface area contributed by atoms with Crippen molar-refractivity contribution in [1.82, 2.24) is 10.6 Å². The van der Waals surface area contributed by atoms with E-state index in [0.717, 1.165) is 24.8 Å². The van der Waals surface area contributed by atoms with Crippen molar-refractivity contribution >= 4 is 18.0 Å². The molecule has 8 nitrogen and oxygen atoms in total. The van der Waals surface area contributed by atoms with Gasteiger partial charge in [-0.3, -0.25) is 4.79 Å². The lowest BCUT2D eigenvalue weighted by Gasteiger charge is -2.32. The molecule has 33 heavy (non-hydrogen) atoms. The van der Waals surface area contributed by atoms with Gasteiger partial charge in [0.15, 0.2) is 0 Å². The van der Waals surface area contributed by atoms with Gasteiger partial charge in [0.2, 0.25) is 5.91 Å². The highest BCUT2D eigenvalue weighted by Gasteiger charge is 2.44. The normalized spacial score (nSPS) is 16.2. The van der Waals surface area contributed by atoms with Crippen LogP contribution in [0, 0.1) is 5.92 Å². The van der Waals surface area contributed by atoms with E-state index in [1.54, 1.807) is 32.9 Å². The second kappa shape index (κ2) is 11.4. The summed E-state index contributed by atoms with van der Waals surface area (Å²) in [5.74, 6) is -0.453. The van der Waals surface area contributed by atoms with Crippen molar-refractivity contribution in [2.24, 2.45) is 5.92 Å². The smallest absolute Gasteiger partial charge is 0.408 e. The molecule has 0 aliphatic heterocycles. The van der Waals surface area contributed by atoms with E-state index in [2.05, 4.69) is 10.6 Å². The molecule has 0 spiro atoms. The van der Waals surface area contributed by atoms with Gasteiger partial charge < -0.3 is 25.2 Å². The third-order valence-electron chi connectivity index (χ3n) is 5.54. The first kappa shape index (κ1) is 26.5. The number of esters is 1. The molecular formula is C25H38N2O6. The molecular weight excluding hydrogens is 424 g/mol. The lowest BCUT2D eigenvalue weighted by molar-refractivity contribution is -0.148. The van der Waals surface area contributed by atoms with Crippen LogP contribution in [0.3, 0.4) is 0 Å². The van der Waals surface area contributed by atoms with Crippen LogP contribution in [-0.2, 0) is 25.5 Å². The third kappa shape index (κ3) is 8.59. The van der Waals surface area contributed by atoms with Crippen LogP contribution in [-0.4, -0.2) is 46.9 Å². The third-order valence-corrected chi connectivity index (χ3v) is 5.54. The first-order chi connectivity index (χ1) is 15.4. The number of ether oxygens (including phenoxy) is 2. The number of alkyl carbamates (subject to hydrolysis) is 1. The number of aromatic hydroxyl groups is 1. The Balaban J connectivity index is 2.16. The predicted molar refractivity (Wildman–Crippen MR) is 125 cm³/mol.